The van der Waals surface area contributed by atoms with Gasteiger partial charge in [-0.1, -0.05) is 35.9 Å². The molecule has 33 heavy (non-hydrogen) atoms. The van der Waals surface area contributed by atoms with Gasteiger partial charge in [0.25, 0.3) is 5.91 Å². The number of ether oxygens (including phenoxy) is 2. The highest BCUT2D eigenvalue weighted by Gasteiger charge is 2.23. The van der Waals surface area contributed by atoms with Gasteiger partial charge < -0.3 is 19.3 Å². The molecule has 0 bridgehead atoms. The van der Waals surface area contributed by atoms with Crippen LogP contribution in [0.3, 0.4) is 0 Å². The Balaban J connectivity index is 1.53. The van der Waals surface area contributed by atoms with Gasteiger partial charge in [-0.05, 0) is 48.2 Å². The Hall–Kier alpha value is -3.58. The summed E-state index contributed by atoms with van der Waals surface area (Å²) in [6.07, 6.45) is 1.64. The van der Waals surface area contributed by atoms with Crippen LogP contribution in [0, 0.1) is 6.92 Å². The number of carbonyl (C=O) groups is 2. The lowest BCUT2D eigenvalue weighted by Gasteiger charge is -2.27. The van der Waals surface area contributed by atoms with Crippen molar-refractivity contribution < 1.29 is 19.1 Å². The highest BCUT2D eigenvalue weighted by molar-refractivity contribution is 7.09. The van der Waals surface area contributed by atoms with E-state index in [4.69, 9.17) is 9.47 Å². The van der Waals surface area contributed by atoms with Crippen molar-refractivity contribution >= 4 is 23.2 Å². The number of rotatable bonds is 9. The largest absolute Gasteiger partial charge is 0.454 e. The lowest BCUT2D eigenvalue weighted by molar-refractivity contribution is -0.133. The molecule has 0 aliphatic carbocycles. The highest BCUT2D eigenvalue weighted by Crippen LogP contribution is 2.33. The molecule has 7 heteroatoms. The van der Waals surface area contributed by atoms with Gasteiger partial charge in [0.05, 0.1) is 6.54 Å². The molecule has 0 radical (unpaired) electrons. The first kappa shape index (κ1) is 22.6. The molecule has 0 N–H and O–H groups in total. The van der Waals surface area contributed by atoms with Crippen molar-refractivity contribution in [3.8, 4) is 11.5 Å². The van der Waals surface area contributed by atoms with Crippen molar-refractivity contribution in [2.24, 2.45) is 0 Å². The molecule has 0 saturated heterocycles. The third-order valence-electron chi connectivity index (χ3n) is 5.35. The van der Waals surface area contributed by atoms with Crippen LogP contribution in [0.25, 0.3) is 0 Å². The summed E-state index contributed by atoms with van der Waals surface area (Å²) in [4.78, 5) is 30.9. The minimum Gasteiger partial charge on any atom is -0.454 e. The summed E-state index contributed by atoms with van der Waals surface area (Å²) in [5, 5.41) is 1.99. The standard InChI is InChI=1S/C26H26N2O4S/c1-3-12-27(26(30)21-9-6-19(2)7-10-21)17-25(29)28(16-22-5-4-13-33-22)15-20-8-11-23-24(14-20)32-18-31-23/h3-11,13-14H,1,12,15-18H2,2H3. The van der Waals surface area contributed by atoms with Crippen LogP contribution in [-0.4, -0.2) is 41.5 Å². The Morgan fingerprint density at radius 2 is 1.82 bits per heavy atom. The molecule has 2 heterocycles. The number of amides is 2. The second-order valence-corrected chi connectivity index (χ2v) is 8.89. The van der Waals surface area contributed by atoms with Gasteiger partial charge in [-0.2, -0.15) is 0 Å². The number of fused-ring (bicyclic) bond motifs is 1. The van der Waals surface area contributed by atoms with E-state index in [1.807, 2.05) is 54.8 Å². The molecule has 1 aliphatic rings. The number of hydrogen-bond donors (Lipinski definition) is 0. The van der Waals surface area contributed by atoms with Crippen molar-refractivity contribution in [3.63, 3.8) is 0 Å². The van der Waals surface area contributed by atoms with Gasteiger partial charge in [0.1, 0.15) is 6.54 Å². The van der Waals surface area contributed by atoms with E-state index < -0.39 is 0 Å². The number of thiophene rings is 1. The van der Waals surface area contributed by atoms with Crippen LogP contribution in [0.1, 0.15) is 26.4 Å². The summed E-state index contributed by atoms with van der Waals surface area (Å²) in [6, 6.07) is 17.0. The van der Waals surface area contributed by atoms with Crippen molar-refractivity contribution in [1.29, 1.82) is 0 Å². The van der Waals surface area contributed by atoms with E-state index in [0.717, 1.165) is 16.0 Å². The predicted octanol–water partition coefficient (Wildman–Crippen LogP) is 4.64. The van der Waals surface area contributed by atoms with Crippen LogP contribution in [-0.2, 0) is 17.9 Å². The van der Waals surface area contributed by atoms with E-state index in [9.17, 15) is 9.59 Å². The van der Waals surface area contributed by atoms with Gasteiger partial charge in [0.2, 0.25) is 12.7 Å². The van der Waals surface area contributed by atoms with Crippen LogP contribution >= 0.6 is 11.3 Å². The normalized spacial score (nSPS) is 11.8. The number of benzene rings is 2. The minimum absolute atomic E-state index is 0.0331. The number of aryl methyl sites for hydroxylation is 1. The summed E-state index contributed by atoms with van der Waals surface area (Å²) in [6.45, 7) is 7.05. The first-order chi connectivity index (χ1) is 16.0. The fraction of sp³-hybridized carbons (Fsp3) is 0.231. The molecule has 6 nitrogen and oxygen atoms in total. The molecule has 0 fully saturated rings. The van der Waals surface area contributed by atoms with E-state index in [1.165, 1.54) is 4.90 Å². The first-order valence-electron chi connectivity index (χ1n) is 10.7. The quantitative estimate of drug-likeness (QED) is 0.435. The van der Waals surface area contributed by atoms with Crippen molar-refractivity contribution in [2.45, 2.75) is 20.0 Å². The Labute approximate surface area is 197 Å². The molecule has 1 aliphatic heterocycles. The maximum atomic E-state index is 13.4. The molecule has 3 aromatic rings. The average Bonchev–Trinajstić information content (AvgIpc) is 3.50. The third-order valence-corrected chi connectivity index (χ3v) is 6.21. The molecule has 0 atom stereocenters. The van der Waals surface area contributed by atoms with Gasteiger partial charge in [0.15, 0.2) is 11.5 Å². The number of hydrogen-bond acceptors (Lipinski definition) is 5. The molecule has 2 aromatic carbocycles. The highest BCUT2D eigenvalue weighted by atomic mass is 32.1. The smallest absolute Gasteiger partial charge is 0.254 e. The number of carbonyl (C=O) groups excluding carboxylic acids is 2. The average molecular weight is 463 g/mol. The topological polar surface area (TPSA) is 59.1 Å². The van der Waals surface area contributed by atoms with Crippen LogP contribution in [0.4, 0.5) is 0 Å². The van der Waals surface area contributed by atoms with E-state index in [-0.39, 0.29) is 31.7 Å². The van der Waals surface area contributed by atoms with Crippen molar-refractivity contribution in [2.75, 3.05) is 19.9 Å². The van der Waals surface area contributed by atoms with E-state index >= 15 is 0 Å². The summed E-state index contributed by atoms with van der Waals surface area (Å²) < 4.78 is 10.9. The summed E-state index contributed by atoms with van der Waals surface area (Å²) in [7, 11) is 0. The fourth-order valence-electron chi connectivity index (χ4n) is 3.60. The van der Waals surface area contributed by atoms with E-state index in [2.05, 4.69) is 6.58 Å². The van der Waals surface area contributed by atoms with Crippen LogP contribution < -0.4 is 9.47 Å². The van der Waals surface area contributed by atoms with Crippen molar-refractivity contribution in [3.05, 3.63) is 94.2 Å². The monoisotopic (exact) mass is 462 g/mol. The molecule has 0 unspecified atom stereocenters. The molecular formula is C26H26N2O4S. The maximum Gasteiger partial charge on any atom is 0.254 e. The van der Waals surface area contributed by atoms with Gasteiger partial charge in [-0.25, -0.2) is 0 Å². The molecule has 1 aromatic heterocycles. The zero-order valence-corrected chi connectivity index (χ0v) is 19.3. The van der Waals surface area contributed by atoms with E-state index in [0.29, 0.717) is 30.2 Å². The molecule has 0 saturated carbocycles. The molecule has 170 valence electrons. The zero-order chi connectivity index (χ0) is 23.2. The van der Waals surface area contributed by atoms with Gasteiger partial charge in [0, 0.05) is 23.5 Å². The fourth-order valence-corrected chi connectivity index (χ4v) is 4.32. The van der Waals surface area contributed by atoms with Crippen LogP contribution in [0.2, 0.25) is 0 Å². The second kappa shape index (κ2) is 10.4. The van der Waals surface area contributed by atoms with Crippen LogP contribution in [0.5, 0.6) is 11.5 Å². The van der Waals surface area contributed by atoms with E-state index in [1.54, 1.807) is 34.4 Å². The maximum absolute atomic E-state index is 13.4. The van der Waals surface area contributed by atoms with Gasteiger partial charge in [-0.3, -0.25) is 9.59 Å². The molecule has 0 spiro atoms. The zero-order valence-electron chi connectivity index (χ0n) is 18.5. The van der Waals surface area contributed by atoms with Crippen LogP contribution in [0.15, 0.2) is 72.6 Å². The Bertz CT molecular complexity index is 1130. The van der Waals surface area contributed by atoms with Gasteiger partial charge >= 0.3 is 0 Å². The second-order valence-electron chi connectivity index (χ2n) is 7.86. The summed E-state index contributed by atoms with van der Waals surface area (Å²) in [5.74, 6) is 1.06. The minimum atomic E-state index is -0.192. The first-order valence-corrected chi connectivity index (χ1v) is 11.6. The third kappa shape index (κ3) is 5.62. The summed E-state index contributed by atoms with van der Waals surface area (Å²) in [5.41, 5.74) is 2.56. The van der Waals surface area contributed by atoms with Gasteiger partial charge in [-0.15, -0.1) is 17.9 Å². The Kier molecular flexibility index (Phi) is 7.10. The molecular weight excluding hydrogens is 436 g/mol. The Morgan fingerprint density at radius 3 is 2.55 bits per heavy atom. The Morgan fingerprint density at radius 1 is 1.03 bits per heavy atom. The molecule has 4 rings (SSSR count). The molecule has 2 amide bonds. The lowest BCUT2D eigenvalue weighted by atomic mass is 10.1. The predicted molar refractivity (Wildman–Crippen MR) is 128 cm³/mol. The SMILES string of the molecule is C=CCN(CC(=O)N(Cc1ccc2c(c1)OCO2)Cc1cccs1)C(=O)c1ccc(C)cc1. The lowest BCUT2D eigenvalue weighted by Crippen LogP contribution is -2.42. The van der Waals surface area contributed by atoms with Crippen molar-refractivity contribution in [1.82, 2.24) is 9.80 Å². The summed E-state index contributed by atoms with van der Waals surface area (Å²) >= 11 is 1.60. The number of nitrogens with zero attached hydrogens (tertiary/aromatic N) is 2.